The smallest absolute Gasteiger partial charge is 0.123 e. The zero-order valence-corrected chi connectivity index (χ0v) is 12.6. The Balaban J connectivity index is 2.49. The molecule has 2 rings (SSSR count). The van der Waals surface area contributed by atoms with Crippen LogP contribution in [0.1, 0.15) is 40.8 Å². The van der Waals surface area contributed by atoms with Gasteiger partial charge >= 0.3 is 0 Å². The Morgan fingerprint density at radius 2 is 1.65 bits per heavy atom. The van der Waals surface area contributed by atoms with Crippen molar-refractivity contribution in [2.45, 2.75) is 33.7 Å². The highest BCUT2D eigenvalue weighted by Crippen LogP contribution is 2.27. The summed E-state index contributed by atoms with van der Waals surface area (Å²) < 4.78 is 13.6. The van der Waals surface area contributed by atoms with E-state index in [4.69, 9.17) is 0 Å². The molecule has 0 heterocycles. The largest absolute Gasteiger partial charge is 0.307 e. The highest BCUT2D eigenvalue weighted by atomic mass is 19.1. The van der Waals surface area contributed by atoms with Crippen molar-refractivity contribution in [3.63, 3.8) is 0 Å². The van der Waals surface area contributed by atoms with Crippen molar-refractivity contribution in [3.05, 3.63) is 70.0 Å². The first-order valence-electron chi connectivity index (χ1n) is 7.09. The summed E-state index contributed by atoms with van der Waals surface area (Å²) in [5, 5.41) is 3.46. The summed E-state index contributed by atoms with van der Waals surface area (Å²) in [4.78, 5) is 0. The van der Waals surface area contributed by atoms with E-state index in [1.54, 1.807) is 6.07 Å². The molecule has 0 bridgehead atoms. The van der Waals surface area contributed by atoms with E-state index in [9.17, 15) is 4.39 Å². The summed E-state index contributed by atoms with van der Waals surface area (Å²) in [6.45, 7) is 9.16. The Bertz CT molecular complexity index is 604. The number of halogens is 1. The summed E-state index contributed by atoms with van der Waals surface area (Å²) in [6.07, 6.45) is 0. The number of rotatable bonds is 4. The third-order valence-electron chi connectivity index (χ3n) is 3.82. The maximum Gasteiger partial charge on any atom is 0.123 e. The first-order chi connectivity index (χ1) is 9.52. The molecule has 0 amide bonds. The molecule has 1 N–H and O–H groups in total. The maximum atomic E-state index is 13.6. The molecule has 1 unspecified atom stereocenters. The van der Waals surface area contributed by atoms with Gasteiger partial charge in [0.05, 0.1) is 6.04 Å². The predicted molar refractivity (Wildman–Crippen MR) is 82.6 cm³/mol. The van der Waals surface area contributed by atoms with Crippen molar-refractivity contribution in [1.82, 2.24) is 5.32 Å². The van der Waals surface area contributed by atoms with Crippen molar-refractivity contribution in [1.29, 1.82) is 0 Å². The van der Waals surface area contributed by atoms with E-state index in [2.05, 4.69) is 44.3 Å². The molecule has 0 saturated heterocycles. The molecule has 1 atom stereocenters. The normalized spacial score (nSPS) is 12.4. The van der Waals surface area contributed by atoms with Crippen LogP contribution in [0.2, 0.25) is 0 Å². The third kappa shape index (κ3) is 3.07. The number of hydrogen-bond donors (Lipinski definition) is 1. The van der Waals surface area contributed by atoms with Crippen molar-refractivity contribution in [3.8, 4) is 0 Å². The van der Waals surface area contributed by atoms with E-state index >= 15 is 0 Å². The molecule has 2 aromatic rings. The van der Waals surface area contributed by atoms with Gasteiger partial charge in [-0.1, -0.05) is 31.2 Å². The Hall–Kier alpha value is -1.67. The molecule has 0 radical (unpaired) electrons. The van der Waals surface area contributed by atoms with Gasteiger partial charge in [0.15, 0.2) is 0 Å². The van der Waals surface area contributed by atoms with Gasteiger partial charge in [-0.3, -0.25) is 0 Å². The summed E-state index contributed by atoms with van der Waals surface area (Å²) >= 11 is 0. The van der Waals surface area contributed by atoms with Gasteiger partial charge in [0, 0.05) is 0 Å². The fourth-order valence-electron chi connectivity index (χ4n) is 2.48. The molecule has 2 heteroatoms. The monoisotopic (exact) mass is 271 g/mol. The lowest BCUT2D eigenvalue weighted by atomic mass is 9.93. The molecule has 2 aromatic carbocycles. The average Bonchev–Trinajstić information content (AvgIpc) is 2.42. The maximum absolute atomic E-state index is 13.6. The molecule has 0 aliphatic heterocycles. The zero-order valence-electron chi connectivity index (χ0n) is 12.6. The van der Waals surface area contributed by atoms with E-state index in [-0.39, 0.29) is 11.9 Å². The lowest BCUT2D eigenvalue weighted by molar-refractivity contribution is 0.600. The van der Waals surface area contributed by atoms with Crippen LogP contribution in [0.5, 0.6) is 0 Å². The molecule has 0 aromatic heterocycles. The predicted octanol–water partition coefficient (Wildman–Crippen LogP) is 4.45. The van der Waals surface area contributed by atoms with Gasteiger partial charge in [0.1, 0.15) is 5.82 Å². The van der Waals surface area contributed by atoms with E-state index < -0.39 is 0 Å². The Morgan fingerprint density at radius 1 is 0.950 bits per heavy atom. The Kier molecular flexibility index (Phi) is 4.56. The van der Waals surface area contributed by atoms with Crippen LogP contribution in [0.15, 0.2) is 36.4 Å². The summed E-state index contributed by atoms with van der Waals surface area (Å²) in [6, 6.07) is 11.5. The number of benzene rings is 2. The van der Waals surface area contributed by atoms with Crippen LogP contribution in [0.4, 0.5) is 4.39 Å². The first kappa shape index (κ1) is 14.7. The third-order valence-corrected chi connectivity index (χ3v) is 3.82. The standard InChI is InChI=1S/C18H22FN/c1-5-20-18(15-8-6-12(2)14(4)10-15)17-11-16(19)9-7-13(17)3/h6-11,18,20H,5H2,1-4H3. The molecule has 0 saturated carbocycles. The fourth-order valence-corrected chi connectivity index (χ4v) is 2.48. The van der Waals surface area contributed by atoms with Crippen LogP contribution >= 0.6 is 0 Å². The van der Waals surface area contributed by atoms with Crippen LogP contribution in [-0.4, -0.2) is 6.54 Å². The molecule has 0 fully saturated rings. The SMILES string of the molecule is CCNC(c1ccc(C)c(C)c1)c1cc(F)ccc1C. The molecule has 106 valence electrons. The Labute approximate surface area is 120 Å². The van der Waals surface area contributed by atoms with E-state index in [0.29, 0.717) is 0 Å². The van der Waals surface area contributed by atoms with Gasteiger partial charge in [-0.05, 0) is 67.3 Å². The molecule has 20 heavy (non-hydrogen) atoms. The van der Waals surface area contributed by atoms with E-state index in [1.165, 1.54) is 22.8 Å². The van der Waals surface area contributed by atoms with Crippen LogP contribution in [-0.2, 0) is 0 Å². The summed E-state index contributed by atoms with van der Waals surface area (Å²) in [5.74, 6) is -0.183. The van der Waals surface area contributed by atoms with Gasteiger partial charge < -0.3 is 5.32 Å². The van der Waals surface area contributed by atoms with Gasteiger partial charge in [0.2, 0.25) is 0 Å². The lowest BCUT2D eigenvalue weighted by Gasteiger charge is -2.22. The van der Waals surface area contributed by atoms with E-state index in [0.717, 1.165) is 17.7 Å². The minimum absolute atomic E-state index is 0.0370. The van der Waals surface area contributed by atoms with Crippen molar-refractivity contribution in [2.24, 2.45) is 0 Å². The van der Waals surface area contributed by atoms with Crippen molar-refractivity contribution < 1.29 is 4.39 Å². The highest BCUT2D eigenvalue weighted by molar-refractivity contribution is 5.40. The molecule has 0 spiro atoms. The van der Waals surface area contributed by atoms with Crippen LogP contribution in [0.25, 0.3) is 0 Å². The minimum Gasteiger partial charge on any atom is -0.307 e. The molecule has 1 nitrogen and oxygen atoms in total. The topological polar surface area (TPSA) is 12.0 Å². The second kappa shape index (κ2) is 6.19. The molecular weight excluding hydrogens is 249 g/mol. The molecule has 0 aliphatic rings. The van der Waals surface area contributed by atoms with Crippen molar-refractivity contribution in [2.75, 3.05) is 6.54 Å². The quantitative estimate of drug-likeness (QED) is 0.866. The second-order valence-electron chi connectivity index (χ2n) is 5.34. The van der Waals surface area contributed by atoms with Gasteiger partial charge in [-0.2, -0.15) is 0 Å². The molecular formula is C18H22FN. The minimum atomic E-state index is -0.183. The van der Waals surface area contributed by atoms with Crippen molar-refractivity contribution >= 4 is 0 Å². The zero-order chi connectivity index (χ0) is 14.7. The summed E-state index contributed by atoms with van der Waals surface area (Å²) in [5.41, 5.74) is 5.84. The van der Waals surface area contributed by atoms with E-state index in [1.807, 2.05) is 13.0 Å². The van der Waals surface area contributed by atoms with Crippen LogP contribution in [0.3, 0.4) is 0 Å². The van der Waals surface area contributed by atoms with Gasteiger partial charge in [-0.15, -0.1) is 0 Å². The molecule has 0 aliphatic carbocycles. The van der Waals surface area contributed by atoms with Gasteiger partial charge in [0.25, 0.3) is 0 Å². The van der Waals surface area contributed by atoms with Crippen LogP contribution in [0, 0.1) is 26.6 Å². The lowest BCUT2D eigenvalue weighted by Crippen LogP contribution is -2.23. The number of aryl methyl sites for hydroxylation is 3. The second-order valence-corrected chi connectivity index (χ2v) is 5.34. The number of nitrogens with one attached hydrogen (secondary N) is 1. The first-order valence-corrected chi connectivity index (χ1v) is 7.09. The number of hydrogen-bond acceptors (Lipinski definition) is 1. The summed E-state index contributed by atoms with van der Waals surface area (Å²) in [7, 11) is 0. The highest BCUT2D eigenvalue weighted by Gasteiger charge is 2.16. The van der Waals surface area contributed by atoms with Crippen LogP contribution < -0.4 is 5.32 Å². The average molecular weight is 271 g/mol. The Morgan fingerprint density at radius 3 is 2.30 bits per heavy atom. The van der Waals surface area contributed by atoms with Gasteiger partial charge in [-0.25, -0.2) is 4.39 Å². The fraction of sp³-hybridized carbons (Fsp3) is 0.333.